The average molecular weight is 231 g/mol. The lowest BCUT2D eigenvalue weighted by Gasteiger charge is -2.23. The first-order valence-electron chi connectivity index (χ1n) is 6.40. The van der Waals surface area contributed by atoms with Gasteiger partial charge in [-0.05, 0) is 32.2 Å². The number of ether oxygens (including phenoxy) is 2. The van der Waals surface area contributed by atoms with Crippen LogP contribution in [0.5, 0.6) is 0 Å². The topological polar surface area (TPSA) is 50.7 Å². The van der Waals surface area contributed by atoms with E-state index in [1.165, 1.54) is 0 Å². The quantitative estimate of drug-likeness (QED) is 0.652. The number of aliphatic hydroxyl groups excluding tert-OH is 1. The summed E-state index contributed by atoms with van der Waals surface area (Å²) in [4.78, 5) is 0. The molecule has 4 heteroatoms. The Hall–Kier alpha value is -0.160. The number of nitrogens with one attached hydrogen (secondary N) is 1. The molecule has 1 aliphatic heterocycles. The third-order valence-corrected chi connectivity index (χ3v) is 2.89. The predicted octanol–water partition coefficient (Wildman–Crippen LogP) is 0.933. The summed E-state index contributed by atoms with van der Waals surface area (Å²) in [5, 5.41) is 12.5. The Labute approximate surface area is 98.3 Å². The van der Waals surface area contributed by atoms with Crippen LogP contribution in [0.1, 0.15) is 32.6 Å². The Morgan fingerprint density at radius 3 is 2.81 bits per heavy atom. The molecule has 0 aliphatic carbocycles. The first kappa shape index (κ1) is 13.9. The van der Waals surface area contributed by atoms with Gasteiger partial charge in [-0.2, -0.15) is 0 Å². The van der Waals surface area contributed by atoms with Crippen LogP contribution in [0.25, 0.3) is 0 Å². The van der Waals surface area contributed by atoms with E-state index in [1.54, 1.807) is 0 Å². The maximum Gasteiger partial charge on any atom is 0.0619 e. The number of rotatable bonds is 8. The van der Waals surface area contributed by atoms with Gasteiger partial charge in [-0.15, -0.1) is 0 Å². The Kier molecular flexibility index (Phi) is 7.76. The third-order valence-electron chi connectivity index (χ3n) is 2.89. The number of aliphatic hydroxyl groups is 1. The SMILES string of the molecule is CCCNC(CO)CCOC1CCOCC1. The van der Waals surface area contributed by atoms with Crippen LogP contribution in [0.15, 0.2) is 0 Å². The van der Waals surface area contributed by atoms with E-state index in [9.17, 15) is 0 Å². The fourth-order valence-corrected chi connectivity index (χ4v) is 1.83. The molecule has 0 aromatic heterocycles. The van der Waals surface area contributed by atoms with Gasteiger partial charge in [-0.3, -0.25) is 0 Å². The van der Waals surface area contributed by atoms with Crippen molar-refractivity contribution < 1.29 is 14.6 Å². The van der Waals surface area contributed by atoms with Crippen molar-refractivity contribution in [2.75, 3.05) is 33.0 Å². The molecule has 0 aromatic rings. The van der Waals surface area contributed by atoms with E-state index < -0.39 is 0 Å². The Morgan fingerprint density at radius 2 is 2.19 bits per heavy atom. The zero-order valence-corrected chi connectivity index (χ0v) is 10.3. The number of hydrogen-bond donors (Lipinski definition) is 2. The number of hydrogen-bond acceptors (Lipinski definition) is 4. The highest BCUT2D eigenvalue weighted by molar-refractivity contribution is 4.67. The van der Waals surface area contributed by atoms with Crippen LogP contribution >= 0.6 is 0 Å². The molecule has 1 aliphatic rings. The Balaban J connectivity index is 2.02. The summed E-state index contributed by atoms with van der Waals surface area (Å²) >= 11 is 0. The van der Waals surface area contributed by atoms with Crippen molar-refractivity contribution in [3.63, 3.8) is 0 Å². The van der Waals surface area contributed by atoms with E-state index in [0.29, 0.717) is 6.10 Å². The van der Waals surface area contributed by atoms with E-state index in [1.807, 2.05) is 0 Å². The van der Waals surface area contributed by atoms with Gasteiger partial charge in [0.2, 0.25) is 0 Å². The lowest BCUT2D eigenvalue weighted by molar-refractivity contribution is -0.0349. The van der Waals surface area contributed by atoms with Crippen molar-refractivity contribution in [2.24, 2.45) is 0 Å². The van der Waals surface area contributed by atoms with E-state index in [-0.39, 0.29) is 12.6 Å². The minimum absolute atomic E-state index is 0.180. The lowest BCUT2D eigenvalue weighted by atomic mass is 10.1. The molecule has 0 aromatic carbocycles. The second kappa shape index (κ2) is 8.93. The molecule has 1 atom stereocenters. The van der Waals surface area contributed by atoms with E-state index in [0.717, 1.165) is 52.0 Å². The second-order valence-electron chi connectivity index (χ2n) is 4.30. The Bertz CT molecular complexity index is 160. The van der Waals surface area contributed by atoms with Gasteiger partial charge in [0.25, 0.3) is 0 Å². The maximum absolute atomic E-state index is 9.15. The van der Waals surface area contributed by atoms with Crippen LogP contribution in [0, 0.1) is 0 Å². The first-order chi connectivity index (χ1) is 7.86. The summed E-state index contributed by atoms with van der Waals surface area (Å²) in [6, 6.07) is 0.180. The smallest absolute Gasteiger partial charge is 0.0619 e. The molecule has 0 radical (unpaired) electrons. The van der Waals surface area contributed by atoms with Crippen molar-refractivity contribution in [2.45, 2.75) is 44.8 Å². The van der Waals surface area contributed by atoms with Crippen molar-refractivity contribution >= 4 is 0 Å². The minimum atomic E-state index is 0.180. The van der Waals surface area contributed by atoms with Crippen LogP contribution in [0.4, 0.5) is 0 Å². The molecule has 96 valence electrons. The molecular formula is C12H25NO3. The normalized spacial score (nSPS) is 19.9. The van der Waals surface area contributed by atoms with Gasteiger partial charge in [0, 0.05) is 25.9 Å². The molecule has 0 saturated carbocycles. The summed E-state index contributed by atoms with van der Waals surface area (Å²) in [5.74, 6) is 0. The van der Waals surface area contributed by atoms with Gasteiger partial charge in [0.1, 0.15) is 0 Å². The fourth-order valence-electron chi connectivity index (χ4n) is 1.83. The lowest BCUT2D eigenvalue weighted by Crippen LogP contribution is -2.35. The molecule has 1 saturated heterocycles. The molecule has 16 heavy (non-hydrogen) atoms. The standard InChI is InChI=1S/C12H25NO3/c1-2-6-13-11(10-14)3-9-16-12-4-7-15-8-5-12/h11-14H,2-10H2,1H3. The van der Waals surface area contributed by atoms with Crippen LogP contribution in [0.3, 0.4) is 0 Å². The van der Waals surface area contributed by atoms with E-state index in [4.69, 9.17) is 14.6 Å². The zero-order chi connectivity index (χ0) is 11.6. The van der Waals surface area contributed by atoms with Gasteiger partial charge in [-0.25, -0.2) is 0 Å². The fraction of sp³-hybridized carbons (Fsp3) is 1.00. The monoisotopic (exact) mass is 231 g/mol. The highest BCUT2D eigenvalue weighted by atomic mass is 16.5. The summed E-state index contributed by atoms with van der Waals surface area (Å²) in [6.45, 7) is 5.65. The third kappa shape index (κ3) is 5.80. The molecule has 1 heterocycles. The molecule has 0 amide bonds. The summed E-state index contributed by atoms with van der Waals surface area (Å²) in [7, 11) is 0. The van der Waals surface area contributed by atoms with Crippen LogP contribution in [-0.2, 0) is 9.47 Å². The van der Waals surface area contributed by atoms with E-state index >= 15 is 0 Å². The van der Waals surface area contributed by atoms with Gasteiger partial charge >= 0.3 is 0 Å². The van der Waals surface area contributed by atoms with Crippen molar-refractivity contribution in [3.8, 4) is 0 Å². The van der Waals surface area contributed by atoms with Crippen LogP contribution in [-0.4, -0.2) is 50.2 Å². The summed E-state index contributed by atoms with van der Waals surface area (Å²) in [6.07, 6.45) is 4.35. The zero-order valence-electron chi connectivity index (χ0n) is 10.3. The molecule has 4 nitrogen and oxygen atoms in total. The van der Waals surface area contributed by atoms with Crippen LogP contribution in [0.2, 0.25) is 0 Å². The molecule has 0 spiro atoms. The van der Waals surface area contributed by atoms with Crippen molar-refractivity contribution in [1.82, 2.24) is 5.32 Å². The van der Waals surface area contributed by atoms with Gasteiger partial charge in [-0.1, -0.05) is 6.92 Å². The van der Waals surface area contributed by atoms with Crippen molar-refractivity contribution in [1.29, 1.82) is 0 Å². The molecule has 2 N–H and O–H groups in total. The molecule has 1 rings (SSSR count). The summed E-state index contributed by atoms with van der Waals surface area (Å²) < 4.78 is 11.0. The van der Waals surface area contributed by atoms with Gasteiger partial charge in [0.15, 0.2) is 0 Å². The van der Waals surface area contributed by atoms with Crippen LogP contribution < -0.4 is 5.32 Å². The molecule has 1 unspecified atom stereocenters. The van der Waals surface area contributed by atoms with E-state index in [2.05, 4.69) is 12.2 Å². The second-order valence-corrected chi connectivity index (χ2v) is 4.30. The molecule has 0 bridgehead atoms. The average Bonchev–Trinajstić information content (AvgIpc) is 2.35. The highest BCUT2D eigenvalue weighted by Crippen LogP contribution is 2.11. The first-order valence-corrected chi connectivity index (χ1v) is 6.40. The van der Waals surface area contributed by atoms with Crippen molar-refractivity contribution in [3.05, 3.63) is 0 Å². The minimum Gasteiger partial charge on any atom is -0.395 e. The maximum atomic E-state index is 9.15. The Morgan fingerprint density at radius 1 is 1.44 bits per heavy atom. The van der Waals surface area contributed by atoms with Gasteiger partial charge in [0.05, 0.1) is 12.7 Å². The highest BCUT2D eigenvalue weighted by Gasteiger charge is 2.14. The largest absolute Gasteiger partial charge is 0.395 e. The molecular weight excluding hydrogens is 206 g/mol. The predicted molar refractivity (Wildman–Crippen MR) is 63.6 cm³/mol. The molecule has 1 fully saturated rings. The van der Waals surface area contributed by atoms with Gasteiger partial charge < -0.3 is 19.9 Å². The summed E-state index contributed by atoms with van der Waals surface area (Å²) in [5.41, 5.74) is 0.